The Hall–Kier alpha value is -1.06. The van der Waals surface area contributed by atoms with E-state index in [2.05, 4.69) is 12.2 Å². The van der Waals surface area contributed by atoms with Gasteiger partial charge in [0.25, 0.3) is 0 Å². The minimum absolute atomic E-state index is 0.0158. The van der Waals surface area contributed by atoms with Crippen LogP contribution in [0.1, 0.15) is 66.2 Å². The molecule has 1 saturated heterocycles. The first-order chi connectivity index (χ1) is 9.41. The molecule has 2 atom stereocenters. The van der Waals surface area contributed by atoms with E-state index < -0.39 is 5.54 Å². The molecule has 4 heteroatoms. The van der Waals surface area contributed by atoms with Crippen LogP contribution in [-0.2, 0) is 9.59 Å². The molecule has 1 aliphatic heterocycles. The third-order valence-corrected chi connectivity index (χ3v) is 5.57. The van der Waals surface area contributed by atoms with Crippen molar-refractivity contribution in [2.24, 2.45) is 5.41 Å². The highest BCUT2D eigenvalue weighted by atomic mass is 16.2. The molecule has 0 aromatic rings. The Morgan fingerprint density at radius 2 is 1.85 bits per heavy atom. The van der Waals surface area contributed by atoms with E-state index in [1.807, 2.05) is 25.7 Å². The van der Waals surface area contributed by atoms with Gasteiger partial charge in [-0.15, -0.1) is 0 Å². The number of carbonyl (C=O) groups is 2. The largest absolute Gasteiger partial charge is 0.340 e. The highest BCUT2D eigenvalue weighted by Gasteiger charge is 2.49. The van der Waals surface area contributed by atoms with Crippen LogP contribution >= 0.6 is 0 Å². The van der Waals surface area contributed by atoms with Crippen molar-refractivity contribution in [3.8, 4) is 0 Å². The molecule has 2 aliphatic rings. The fraction of sp³-hybridized carbons (Fsp3) is 0.875. The SMILES string of the molecule is CCC1C(=O)NC(C)(CC)C(=O)N1CC1(CC)CCC1. The zero-order chi connectivity index (χ0) is 15.0. The minimum Gasteiger partial charge on any atom is -0.340 e. The fourth-order valence-electron chi connectivity index (χ4n) is 3.50. The van der Waals surface area contributed by atoms with Gasteiger partial charge in [0.1, 0.15) is 11.6 Å². The van der Waals surface area contributed by atoms with Crippen molar-refractivity contribution in [3.05, 3.63) is 0 Å². The molecular weight excluding hydrogens is 252 g/mol. The van der Waals surface area contributed by atoms with Crippen LogP contribution < -0.4 is 5.32 Å². The predicted octanol–water partition coefficient (Wildman–Crippen LogP) is 2.47. The number of carbonyl (C=O) groups excluding carboxylic acids is 2. The molecule has 2 unspecified atom stereocenters. The number of hydrogen-bond donors (Lipinski definition) is 1. The Balaban J connectivity index is 2.25. The zero-order valence-corrected chi connectivity index (χ0v) is 13.3. The molecule has 1 aliphatic carbocycles. The van der Waals surface area contributed by atoms with Gasteiger partial charge in [-0.25, -0.2) is 0 Å². The van der Waals surface area contributed by atoms with E-state index in [1.54, 1.807) is 0 Å². The lowest BCUT2D eigenvalue weighted by atomic mass is 9.66. The lowest BCUT2D eigenvalue weighted by Crippen LogP contribution is -2.70. The maximum Gasteiger partial charge on any atom is 0.248 e. The standard InChI is InChI=1S/C16H28N2O2/c1-5-12-13(19)17-15(4,6-2)14(20)18(12)11-16(7-3)9-8-10-16/h12H,5-11H2,1-4H3,(H,17,19). The average Bonchev–Trinajstić information content (AvgIpc) is 2.39. The molecule has 4 nitrogen and oxygen atoms in total. The highest BCUT2D eigenvalue weighted by Crippen LogP contribution is 2.45. The van der Waals surface area contributed by atoms with Crippen LogP contribution in [0.15, 0.2) is 0 Å². The van der Waals surface area contributed by atoms with Gasteiger partial charge in [-0.1, -0.05) is 27.2 Å². The van der Waals surface area contributed by atoms with E-state index >= 15 is 0 Å². The topological polar surface area (TPSA) is 49.4 Å². The summed E-state index contributed by atoms with van der Waals surface area (Å²) in [5.74, 6) is 0.119. The van der Waals surface area contributed by atoms with E-state index in [-0.39, 0.29) is 23.3 Å². The van der Waals surface area contributed by atoms with Crippen molar-refractivity contribution < 1.29 is 9.59 Å². The van der Waals surface area contributed by atoms with Crippen molar-refractivity contribution >= 4 is 11.8 Å². The van der Waals surface area contributed by atoms with E-state index in [0.29, 0.717) is 12.8 Å². The summed E-state index contributed by atoms with van der Waals surface area (Å²) in [5.41, 5.74) is -0.462. The van der Waals surface area contributed by atoms with Gasteiger partial charge in [-0.3, -0.25) is 9.59 Å². The number of hydrogen-bond acceptors (Lipinski definition) is 2. The monoisotopic (exact) mass is 280 g/mol. The summed E-state index contributed by atoms with van der Waals surface area (Å²) >= 11 is 0. The van der Waals surface area contributed by atoms with Crippen molar-refractivity contribution in [3.63, 3.8) is 0 Å². The molecule has 20 heavy (non-hydrogen) atoms. The molecule has 2 rings (SSSR count). The van der Waals surface area contributed by atoms with E-state index in [4.69, 9.17) is 0 Å². The van der Waals surface area contributed by atoms with Crippen molar-refractivity contribution in [1.29, 1.82) is 0 Å². The van der Waals surface area contributed by atoms with Crippen molar-refractivity contribution in [2.75, 3.05) is 6.54 Å². The van der Waals surface area contributed by atoms with Crippen LogP contribution in [0.5, 0.6) is 0 Å². The average molecular weight is 280 g/mol. The molecule has 2 fully saturated rings. The molecule has 0 aromatic carbocycles. The zero-order valence-electron chi connectivity index (χ0n) is 13.3. The molecule has 1 heterocycles. The Bertz CT molecular complexity index is 398. The Labute approximate surface area is 122 Å². The summed E-state index contributed by atoms with van der Waals surface area (Å²) in [4.78, 5) is 27.0. The van der Waals surface area contributed by atoms with Crippen LogP contribution in [0.2, 0.25) is 0 Å². The smallest absolute Gasteiger partial charge is 0.248 e. The highest BCUT2D eigenvalue weighted by molar-refractivity contribution is 5.99. The van der Waals surface area contributed by atoms with E-state index in [0.717, 1.165) is 13.0 Å². The Kier molecular flexibility index (Phi) is 4.12. The summed E-state index contributed by atoms with van der Waals surface area (Å²) in [6, 6.07) is -0.286. The first-order valence-corrected chi connectivity index (χ1v) is 8.04. The molecule has 1 N–H and O–H groups in total. The van der Waals surface area contributed by atoms with Gasteiger partial charge in [-0.2, -0.15) is 0 Å². The second-order valence-corrected chi connectivity index (χ2v) is 6.74. The molecule has 0 spiro atoms. The van der Waals surface area contributed by atoms with Gasteiger partial charge in [-0.05, 0) is 44.4 Å². The van der Waals surface area contributed by atoms with Gasteiger partial charge in [0.15, 0.2) is 0 Å². The summed E-state index contributed by atoms with van der Waals surface area (Å²) in [6.45, 7) is 8.75. The maximum absolute atomic E-state index is 12.8. The number of piperazine rings is 1. The van der Waals surface area contributed by atoms with Crippen LogP contribution in [0.3, 0.4) is 0 Å². The fourth-order valence-corrected chi connectivity index (χ4v) is 3.50. The Morgan fingerprint density at radius 1 is 1.20 bits per heavy atom. The first kappa shape index (κ1) is 15.3. The normalized spacial score (nSPS) is 32.8. The van der Waals surface area contributed by atoms with Crippen molar-refractivity contribution in [1.82, 2.24) is 10.2 Å². The van der Waals surface area contributed by atoms with Gasteiger partial charge >= 0.3 is 0 Å². The molecule has 0 bridgehead atoms. The lowest BCUT2D eigenvalue weighted by molar-refractivity contribution is -0.157. The van der Waals surface area contributed by atoms with E-state index in [9.17, 15) is 9.59 Å². The number of amides is 2. The quantitative estimate of drug-likeness (QED) is 0.841. The summed E-state index contributed by atoms with van der Waals surface area (Å²) in [7, 11) is 0. The number of rotatable bonds is 5. The third kappa shape index (κ3) is 2.33. The number of nitrogens with one attached hydrogen (secondary N) is 1. The van der Waals surface area contributed by atoms with Gasteiger partial charge in [0.2, 0.25) is 11.8 Å². The van der Waals surface area contributed by atoms with Gasteiger partial charge < -0.3 is 10.2 Å². The first-order valence-electron chi connectivity index (χ1n) is 8.04. The summed E-state index contributed by atoms with van der Waals surface area (Å²) in [5, 5.41) is 2.93. The summed E-state index contributed by atoms with van der Waals surface area (Å²) < 4.78 is 0. The molecule has 1 saturated carbocycles. The predicted molar refractivity (Wildman–Crippen MR) is 79.2 cm³/mol. The van der Waals surface area contributed by atoms with Gasteiger partial charge in [0.05, 0.1) is 0 Å². The second-order valence-electron chi connectivity index (χ2n) is 6.74. The summed E-state index contributed by atoms with van der Waals surface area (Å²) in [6.07, 6.45) is 6.06. The number of nitrogens with zero attached hydrogens (tertiary/aromatic N) is 1. The molecule has 0 aromatic heterocycles. The maximum atomic E-state index is 12.8. The lowest BCUT2D eigenvalue weighted by Gasteiger charge is -2.50. The minimum atomic E-state index is -0.721. The van der Waals surface area contributed by atoms with Crippen LogP contribution in [0, 0.1) is 5.41 Å². The van der Waals surface area contributed by atoms with Gasteiger partial charge in [0, 0.05) is 6.54 Å². The van der Waals surface area contributed by atoms with Crippen LogP contribution in [0.4, 0.5) is 0 Å². The van der Waals surface area contributed by atoms with Crippen LogP contribution in [-0.4, -0.2) is 34.8 Å². The van der Waals surface area contributed by atoms with Crippen molar-refractivity contribution in [2.45, 2.75) is 77.8 Å². The molecule has 0 radical (unpaired) electrons. The molecule has 114 valence electrons. The van der Waals surface area contributed by atoms with E-state index in [1.165, 1.54) is 19.3 Å². The van der Waals surface area contributed by atoms with Crippen LogP contribution in [0.25, 0.3) is 0 Å². The molecular formula is C16H28N2O2. The Morgan fingerprint density at radius 3 is 2.25 bits per heavy atom. The molecule has 2 amide bonds. The second kappa shape index (κ2) is 5.38. The third-order valence-electron chi connectivity index (χ3n) is 5.57.